The summed E-state index contributed by atoms with van der Waals surface area (Å²) in [7, 11) is 0. The Morgan fingerprint density at radius 2 is 1.77 bits per heavy atom. The lowest BCUT2D eigenvalue weighted by molar-refractivity contribution is -0.122. The summed E-state index contributed by atoms with van der Waals surface area (Å²) in [5, 5.41) is 5.53. The van der Waals surface area contributed by atoms with Gasteiger partial charge in [-0.3, -0.25) is 14.4 Å². The van der Waals surface area contributed by atoms with Gasteiger partial charge in [-0.1, -0.05) is 30.3 Å². The van der Waals surface area contributed by atoms with Gasteiger partial charge in [-0.05, 0) is 31.2 Å². The largest absolute Gasteiger partial charge is 0.352 e. The molecule has 0 aromatic heterocycles. The van der Waals surface area contributed by atoms with Gasteiger partial charge < -0.3 is 15.5 Å². The Morgan fingerprint density at radius 3 is 2.50 bits per heavy atom. The molecule has 0 aliphatic carbocycles. The topological polar surface area (TPSA) is 78.5 Å². The van der Waals surface area contributed by atoms with Crippen molar-refractivity contribution in [2.24, 2.45) is 5.92 Å². The van der Waals surface area contributed by atoms with Crippen LogP contribution in [0.4, 0.5) is 11.4 Å². The van der Waals surface area contributed by atoms with E-state index in [9.17, 15) is 14.4 Å². The van der Waals surface area contributed by atoms with E-state index in [2.05, 4.69) is 10.6 Å². The van der Waals surface area contributed by atoms with E-state index in [0.717, 1.165) is 5.69 Å². The molecule has 1 heterocycles. The molecule has 0 spiro atoms. The Morgan fingerprint density at radius 1 is 1.08 bits per heavy atom. The van der Waals surface area contributed by atoms with Gasteiger partial charge in [0.05, 0.1) is 17.2 Å². The highest BCUT2D eigenvalue weighted by Crippen LogP contribution is 2.26. The average molecular weight is 351 g/mol. The molecule has 3 amide bonds. The minimum Gasteiger partial charge on any atom is -0.352 e. The molecule has 2 aromatic carbocycles. The molecule has 6 heteroatoms. The molecule has 0 saturated carbocycles. The summed E-state index contributed by atoms with van der Waals surface area (Å²) in [5.41, 5.74) is 1.65. The molecule has 1 atom stereocenters. The van der Waals surface area contributed by atoms with E-state index in [4.69, 9.17) is 0 Å². The van der Waals surface area contributed by atoms with Crippen molar-refractivity contribution in [2.45, 2.75) is 13.3 Å². The number of hydrogen-bond donors (Lipinski definition) is 2. The molecule has 1 aliphatic rings. The van der Waals surface area contributed by atoms with Gasteiger partial charge in [0.2, 0.25) is 11.8 Å². The predicted molar refractivity (Wildman–Crippen MR) is 100.0 cm³/mol. The Hall–Kier alpha value is -3.15. The van der Waals surface area contributed by atoms with Crippen molar-refractivity contribution in [3.63, 3.8) is 0 Å². The van der Waals surface area contributed by atoms with Crippen LogP contribution in [0.5, 0.6) is 0 Å². The van der Waals surface area contributed by atoms with Crippen LogP contribution in [0, 0.1) is 5.92 Å². The van der Waals surface area contributed by atoms with E-state index in [0.29, 0.717) is 24.3 Å². The lowest BCUT2D eigenvalue weighted by atomic mass is 10.1. The molecule has 3 rings (SSSR count). The molecule has 2 aromatic rings. The number of nitrogens with one attached hydrogen (secondary N) is 2. The standard InChI is InChI=1S/C20H21N3O3/c1-2-21-20(26)16-10-6-7-11-17(16)22-19(25)14-12-18(24)23(13-14)15-8-4-3-5-9-15/h3-11,14H,2,12-13H2,1H3,(H,21,26)(H,22,25). The second-order valence-electron chi connectivity index (χ2n) is 6.14. The maximum atomic E-state index is 12.6. The van der Waals surface area contributed by atoms with Gasteiger partial charge in [-0.2, -0.15) is 0 Å². The fraction of sp³-hybridized carbons (Fsp3) is 0.250. The summed E-state index contributed by atoms with van der Waals surface area (Å²) in [5.74, 6) is -1.02. The number of carbonyl (C=O) groups is 3. The van der Waals surface area contributed by atoms with Crippen LogP contribution in [-0.4, -0.2) is 30.8 Å². The van der Waals surface area contributed by atoms with Gasteiger partial charge in [-0.15, -0.1) is 0 Å². The Labute approximate surface area is 152 Å². The minimum absolute atomic E-state index is 0.0756. The van der Waals surface area contributed by atoms with Gasteiger partial charge in [0, 0.05) is 25.2 Å². The lowest BCUT2D eigenvalue weighted by Gasteiger charge is -2.17. The first kappa shape index (κ1) is 17.7. The van der Waals surface area contributed by atoms with Crippen molar-refractivity contribution in [2.75, 3.05) is 23.3 Å². The van der Waals surface area contributed by atoms with Crippen molar-refractivity contribution in [1.29, 1.82) is 0 Å². The zero-order valence-corrected chi connectivity index (χ0v) is 14.6. The maximum absolute atomic E-state index is 12.6. The van der Waals surface area contributed by atoms with Crippen molar-refractivity contribution < 1.29 is 14.4 Å². The number of nitrogens with zero attached hydrogens (tertiary/aromatic N) is 1. The van der Waals surface area contributed by atoms with Gasteiger partial charge in [-0.25, -0.2) is 0 Å². The lowest BCUT2D eigenvalue weighted by Crippen LogP contribution is -2.29. The minimum atomic E-state index is -0.454. The normalized spacial score (nSPS) is 16.4. The molecular formula is C20H21N3O3. The molecular weight excluding hydrogens is 330 g/mol. The van der Waals surface area contributed by atoms with Crippen molar-refractivity contribution in [3.05, 3.63) is 60.2 Å². The van der Waals surface area contributed by atoms with Crippen LogP contribution in [0.2, 0.25) is 0 Å². The van der Waals surface area contributed by atoms with Crippen LogP contribution < -0.4 is 15.5 Å². The van der Waals surface area contributed by atoms with Gasteiger partial charge in [0.1, 0.15) is 0 Å². The number of carbonyl (C=O) groups excluding carboxylic acids is 3. The molecule has 2 N–H and O–H groups in total. The molecule has 1 unspecified atom stereocenters. The first-order chi connectivity index (χ1) is 12.6. The monoisotopic (exact) mass is 351 g/mol. The summed E-state index contributed by atoms with van der Waals surface area (Å²) in [6.45, 7) is 2.67. The summed E-state index contributed by atoms with van der Waals surface area (Å²) in [6, 6.07) is 16.2. The van der Waals surface area contributed by atoms with E-state index < -0.39 is 5.92 Å². The van der Waals surface area contributed by atoms with Crippen molar-refractivity contribution in [3.8, 4) is 0 Å². The number of amides is 3. The van der Waals surface area contributed by atoms with E-state index in [1.54, 1.807) is 29.2 Å². The quantitative estimate of drug-likeness (QED) is 0.868. The number of anilines is 2. The molecule has 0 radical (unpaired) electrons. The van der Waals surface area contributed by atoms with Crippen LogP contribution in [-0.2, 0) is 9.59 Å². The van der Waals surface area contributed by atoms with Crippen molar-refractivity contribution in [1.82, 2.24) is 5.32 Å². The first-order valence-corrected chi connectivity index (χ1v) is 8.63. The summed E-state index contributed by atoms with van der Waals surface area (Å²) < 4.78 is 0. The summed E-state index contributed by atoms with van der Waals surface area (Å²) in [4.78, 5) is 38.7. The summed E-state index contributed by atoms with van der Waals surface area (Å²) in [6.07, 6.45) is 0.157. The number of para-hydroxylation sites is 2. The Kier molecular flexibility index (Phi) is 5.31. The highest BCUT2D eigenvalue weighted by Gasteiger charge is 2.35. The van der Waals surface area contributed by atoms with Crippen LogP contribution in [0.1, 0.15) is 23.7 Å². The van der Waals surface area contributed by atoms with E-state index in [1.165, 1.54) is 0 Å². The third-order valence-electron chi connectivity index (χ3n) is 4.33. The fourth-order valence-electron chi connectivity index (χ4n) is 3.02. The predicted octanol–water partition coefficient (Wildman–Crippen LogP) is 2.43. The van der Waals surface area contributed by atoms with E-state index in [-0.39, 0.29) is 24.1 Å². The zero-order valence-electron chi connectivity index (χ0n) is 14.6. The average Bonchev–Trinajstić information content (AvgIpc) is 3.05. The fourth-order valence-corrected chi connectivity index (χ4v) is 3.02. The molecule has 0 bridgehead atoms. The van der Waals surface area contributed by atoms with Gasteiger partial charge in [0.15, 0.2) is 0 Å². The highest BCUT2D eigenvalue weighted by atomic mass is 16.2. The van der Waals surface area contributed by atoms with E-state index >= 15 is 0 Å². The number of rotatable bonds is 5. The second-order valence-corrected chi connectivity index (χ2v) is 6.14. The van der Waals surface area contributed by atoms with Crippen LogP contribution in [0.3, 0.4) is 0 Å². The highest BCUT2D eigenvalue weighted by molar-refractivity contribution is 6.07. The molecule has 134 valence electrons. The zero-order chi connectivity index (χ0) is 18.5. The molecule has 1 saturated heterocycles. The molecule has 6 nitrogen and oxygen atoms in total. The first-order valence-electron chi connectivity index (χ1n) is 8.63. The smallest absolute Gasteiger partial charge is 0.253 e. The summed E-state index contributed by atoms with van der Waals surface area (Å²) >= 11 is 0. The van der Waals surface area contributed by atoms with E-state index in [1.807, 2.05) is 37.3 Å². The molecule has 26 heavy (non-hydrogen) atoms. The number of benzene rings is 2. The Balaban J connectivity index is 1.72. The van der Waals surface area contributed by atoms with Gasteiger partial charge >= 0.3 is 0 Å². The van der Waals surface area contributed by atoms with Crippen LogP contribution >= 0.6 is 0 Å². The maximum Gasteiger partial charge on any atom is 0.253 e. The van der Waals surface area contributed by atoms with Gasteiger partial charge in [0.25, 0.3) is 5.91 Å². The molecule has 1 fully saturated rings. The second kappa shape index (κ2) is 7.82. The third-order valence-corrected chi connectivity index (χ3v) is 4.33. The van der Waals surface area contributed by atoms with Crippen LogP contribution in [0.15, 0.2) is 54.6 Å². The third kappa shape index (κ3) is 3.74. The van der Waals surface area contributed by atoms with Crippen molar-refractivity contribution >= 4 is 29.1 Å². The molecule has 1 aliphatic heterocycles. The SMILES string of the molecule is CCNC(=O)c1ccccc1NC(=O)C1CC(=O)N(c2ccccc2)C1. The van der Waals surface area contributed by atoms with Crippen LogP contribution in [0.25, 0.3) is 0 Å². The Bertz CT molecular complexity index is 820. The number of hydrogen-bond acceptors (Lipinski definition) is 3.